The molecule has 0 unspecified atom stereocenters. The lowest BCUT2D eigenvalue weighted by molar-refractivity contribution is -0.136. The van der Waals surface area contributed by atoms with Crippen molar-refractivity contribution >= 4 is 23.3 Å². The molecular formula is C8H9ClN2O2. The number of hydrogen-bond acceptors (Lipinski definition) is 3. The molecule has 1 rings (SSSR count). The average Bonchev–Trinajstić information content (AvgIpc) is 2.08. The Morgan fingerprint density at radius 2 is 2.46 bits per heavy atom. The van der Waals surface area contributed by atoms with Gasteiger partial charge in [-0.05, 0) is 12.1 Å². The van der Waals surface area contributed by atoms with E-state index in [-0.39, 0.29) is 6.42 Å². The molecule has 0 aliphatic heterocycles. The first-order valence-electron chi connectivity index (χ1n) is 3.76. The maximum Gasteiger partial charge on any atom is 0.305 e. The number of aliphatic carboxylic acids is 1. The largest absolute Gasteiger partial charge is 0.481 e. The SMILES string of the molecule is O=C(O)CCNc1cccnc1Cl. The summed E-state index contributed by atoms with van der Waals surface area (Å²) >= 11 is 5.72. The number of pyridine rings is 1. The normalized spacial score (nSPS) is 9.62. The molecule has 5 heteroatoms. The van der Waals surface area contributed by atoms with Crippen molar-refractivity contribution in [2.24, 2.45) is 0 Å². The molecule has 70 valence electrons. The van der Waals surface area contributed by atoms with Crippen LogP contribution >= 0.6 is 11.6 Å². The lowest BCUT2D eigenvalue weighted by atomic mass is 10.4. The fourth-order valence-corrected chi connectivity index (χ4v) is 1.01. The molecule has 0 amide bonds. The Labute approximate surface area is 80.6 Å². The molecule has 1 heterocycles. The van der Waals surface area contributed by atoms with Gasteiger partial charge in [0, 0.05) is 12.7 Å². The number of carboxylic acid groups (broad SMARTS) is 1. The number of rotatable bonds is 4. The van der Waals surface area contributed by atoms with Gasteiger partial charge >= 0.3 is 5.97 Å². The van der Waals surface area contributed by atoms with Crippen LogP contribution in [-0.2, 0) is 4.79 Å². The van der Waals surface area contributed by atoms with Crippen LogP contribution in [0.5, 0.6) is 0 Å². The highest BCUT2D eigenvalue weighted by molar-refractivity contribution is 6.31. The van der Waals surface area contributed by atoms with Crippen LogP contribution in [0.3, 0.4) is 0 Å². The van der Waals surface area contributed by atoms with Gasteiger partial charge in [-0.15, -0.1) is 0 Å². The standard InChI is InChI=1S/C8H9ClN2O2/c9-8-6(2-1-4-11-8)10-5-3-7(12)13/h1-2,4,10H,3,5H2,(H,12,13). The van der Waals surface area contributed by atoms with Crippen LogP contribution in [0.2, 0.25) is 5.15 Å². The van der Waals surface area contributed by atoms with Crippen LogP contribution in [0, 0.1) is 0 Å². The number of anilines is 1. The molecule has 1 aromatic heterocycles. The van der Waals surface area contributed by atoms with Crippen molar-refractivity contribution in [3.8, 4) is 0 Å². The molecule has 2 N–H and O–H groups in total. The van der Waals surface area contributed by atoms with Gasteiger partial charge < -0.3 is 10.4 Å². The predicted octanol–water partition coefficient (Wildman–Crippen LogP) is 1.62. The number of halogens is 1. The van der Waals surface area contributed by atoms with Crippen LogP contribution < -0.4 is 5.32 Å². The lowest BCUT2D eigenvalue weighted by Crippen LogP contribution is -2.07. The Morgan fingerprint density at radius 1 is 1.69 bits per heavy atom. The topological polar surface area (TPSA) is 62.2 Å². The zero-order chi connectivity index (χ0) is 9.68. The van der Waals surface area contributed by atoms with E-state index in [9.17, 15) is 4.79 Å². The van der Waals surface area contributed by atoms with E-state index >= 15 is 0 Å². The first kappa shape index (κ1) is 9.80. The molecule has 0 atom stereocenters. The molecule has 0 saturated heterocycles. The Balaban J connectivity index is 2.45. The van der Waals surface area contributed by atoms with Crippen LogP contribution in [-0.4, -0.2) is 22.6 Å². The molecule has 0 aliphatic rings. The molecule has 0 radical (unpaired) electrons. The molecule has 4 nitrogen and oxygen atoms in total. The maximum atomic E-state index is 10.2. The Hall–Kier alpha value is -1.29. The summed E-state index contributed by atoms with van der Waals surface area (Å²) in [6, 6.07) is 3.48. The van der Waals surface area contributed by atoms with Crippen LogP contribution in [0.15, 0.2) is 18.3 Å². The second-order valence-electron chi connectivity index (χ2n) is 2.41. The van der Waals surface area contributed by atoms with Gasteiger partial charge in [-0.3, -0.25) is 4.79 Å². The van der Waals surface area contributed by atoms with E-state index in [1.165, 1.54) is 0 Å². The number of carbonyl (C=O) groups is 1. The molecular weight excluding hydrogens is 192 g/mol. The molecule has 0 spiro atoms. The molecule has 0 fully saturated rings. The molecule has 0 aromatic carbocycles. The first-order chi connectivity index (χ1) is 6.20. The summed E-state index contributed by atoms with van der Waals surface area (Å²) in [5.41, 5.74) is 0.658. The van der Waals surface area contributed by atoms with Crippen LogP contribution in [0.25, 0.3) is 0 Å². The summed E-state index contributed by atoms with van der Waals surface area (Å²) in [5, 5.41) is 11.6. The fraction of sp³-hybridized carbons (Fsp3) is 0.250. The van der Waals surface area contributed by atoms with Gasteiger partial charge in [0.25, 0.3) is 0 Å². The van der Waals surface area contributed by atoms with Crippen molar-refractivity contribution < 1.29 is 9.90 Å². The summed E-state index contributed by atoms with van der Waals surface area (Å²) in [4.78, 5) is 14.0. The highest BCUT2D eigenvalue weighted by Gasteiger charge is 2.00. The Kier molecular flexibility index (Phi) is 3.52. The van der Waals surface area contributed by atoms with Crippen molar-refractivity contribution in [3.63, 3.8) is 0 Å². The highest BCUT2D eigenvalue weighted by Crippen LogP contribution is 2.16. The smallest absolute Gasteiger partial charge is 0.305 e. The van der Waals surface area contributed by atoms with Crippen molar-refractivity contribution in [2.45, 2.75) is 6.42 Å². The van der Waals surface area contributed by atoms with Gasteiger partial charge in [0.1, 0.15) is 0 Å². The zero-order valence-electron chi connectivity index (χ0n) is 6.83. The first-order valence-corrected chi connectivity index (χ1v) is 4.14. The Morgan fingerprint density at radius 3 is 3.08 bits per heavy atom. The minimum atomic E-state index is -0.840. The minimum absolute atomic E-state index is 0.0607. The van der Waals surface area contributed by atoms with E-state index in [1.807, 2.05) is 0 Å². The predicted molar refractivity (Wildman–Crippen MR) is 50.0 cm³/mol. The zero-order valence-corrected chi connectivity index (χ0v) is 7.58. The van der Waals surface area contributed by atoms with Crippen LogP contribution in [0.4, 0.5) is 5.69 Å². The van der Waals surface area contributed by atoms with E-state index in [0.717, 1.165) is 0 Å². The number of hydrogen-bond donors (Lipinski definition) is 2. The van der Waals surface area contributed by atoms with Gasteiger partial charge in [-0.2, -0.15) is 0 Å². The maximum absolute atomic E-state index is 10.2. The third-order valence-electron chi connectivity index (χ3n) is 1.41. The Bertz CT molecular complexity index is 304. The highest BCUT2D eigenvalue weighted by atomic mass is 35.5. The molecule has 0 bridgehead atoms. The van der Waals surface area contributed by atoms with Crippen molar-refractivity contribution in [1.29, 1.82) is 0 Å². The molecule has 0 aliphatic carbocycles. The number of carboxylic acids is 1. The molecule has 13 heavy (non-hydrogen) atoms. The monoisotopic (exact) mass is 200 g/mol. The summed E-state index contributed by atoms with van der Waals surface area (Å²) in [7, 11) is 0. The van der Waals surface area contributed by atoms with Gasteiger partial charge in [0.2, 0.25) is 0 Å². The summed E-state index contributed by atoms with van der Waals surface area (Å²) in [6.45, 7) is 0.348. The number of aromatic nitrogens is 1. The second-order valence-corrected chi connectivity index (χ2v) is 2.77. The second kappa shape index (κ2) is 4.67. The van der Waals surface area contributed by atoms with Gasteiger partial charge in [-0.1, -0.05) is 11.6 Å². The van der Waals surface area contributed by atoms with Crippen molar-refractivity contribution in [2.75, 3.05) is 11.9 Å². The number of nitrogens with one attached hydrogen (secondary N) is 1. The summed E-state index contributed by atoms with van der Waals surface area (Å²) in [6.07, 6.45) is 1.63. The third kappa shape index (κ3) is 3.29. The summed E-state index contributed by atoms with van der Waals surface area (Å²) < 4.78 is 0. The van der Waals surface area contributed by atoms with Gasteiger partial charge in [0.05, 0.1) is 12.1 Å². The van der Waals surface area contributed by atoms with E-state index in [0.29, 0.717) is 17.4 Å². The average molecular weight is 201 g/mol. The summed E-state index contributed by atoms with van der Waals surface area (Å²) in [5.74, 6) is -0.840. The van der Waals surface area contributed by atoms with E-state index in [2.05, 4.69) is 10.3 Å². The van der Waals surface area contributed by atoms with E-state index < -0.39 is 5.97 Å². The van der Waals surface area contributed by atoms with E-state index in [4.69, 9.17) is 16.7 Å². The van der Waals surface area contributed by atoms with Crippen molar-refractivity contribution in [3.05, 3.63) is 23.5 Å². The van der Waals surface area contributed by atoms with Gasteiger partial charge in [-0.25, -0.2) is 4.98 Å². The molecule has 0 saturated carbocycles. The number of nitrogens with zero attached hydrogens (tertiary/aromatic N) is 1. The third-order valence-corrected chi connectivity index (χ3v) is 1.71. The van der Waals surface area contributed by atoms with Gasteiger partial charge in [0.15, 0.2) is 5.15 Å². The van der Waals surface area contributed by atoms with Crippen LogP contribution in [0.1, 0.15) is 6.42 Å². The van der Waals surface area contributed by atoms with E-state index in [1.54, 1.807) is 18.3 Å². The van der Waals surface area contributed by atoms with Crippen molar-refractivity contribution in [1.82, 2.24) is 4.98 Å². The lowest BCUT2D eigenvalue weighted by Gasteiger charge is -2.04. The minimum Gasteiger partial charge on any atom is -0.481 e. The quantitative estimate of drug-likeness (QED) is 0.726. The fourth-order valence-electron chi connectivity index (χ4n) is 0.822. The molecule has 1 aromatic rings.